The minimum atomic E-state index is -0.148. The minimum absolute atomic E-state index is 0.0204. The van der Waals surface area contributed by atoms with Crippen LogP contribution in [0, 0.1) is 11.8 Å². The van der Waals surface area contributed by atoms with Gasteiger partial charge in [-0.05, 0) is 42.5 Å². The molecule has 3 atom stereocenters. The lowest BCUT2D eigenvalue weighted by molar-refractivity contribution is -0.122. The lowest BCUT2D eigenvalue weighted by Crippen LogP contribution is -2.44. The van der Waals surface area contributed by atoms with Crippen LogP contribution < -0.4 is 10.6 Å². The molecule has 126 valence electrons. The molecule has 1 saturated carbocycles. The van der Waals surface area contributed by atoms with E-state index in [2.05, 4.69) is 40.4 Å². The van der Waals surface area contributed by atoms with Crippen molar-refractivity contribution in [3.63, 3.8) is 0 Å². The molecule has 0 unspecified atom stereocenters. The van der Waals surface area contributed by atoms with Gasteiger partial charge in [-0.15, -0.1) is 0 Å². The summed E-state index contributed by atoms with van der Waals surface area (Å²) in [5.74, 6) is 1.05. The predicted octanol–water partition coefficient (Wildman–Crippen LogP) is 3.51. The van der Waals surface area contributed by atoms with Crippen LogP contribution in [-0.4, -0.2) is 24.4 Å². The number of carbonyl (C=O) groups excluding carboxylic acids is 2. The molecule has 2 N–H and O–H groups in total. The summed E-state index contributed by atoms with van der Waals surface area (Å²) in [6.07, 6.45) is 3.80. The fourth-order valence-electron chi connectivity index (χ4n) is 3.06. The van der Waals surface area contributed by atoms with Crippen LogP contribution in [0.15, 0.2) is 28.7 Å². The van der Waals surface area contributed by atoms with Crippen LogP contribution in [0.4, 0.5) is 0 Å². The first-order chi connectivity index (χ1) is 11.0. The topological polar surface area (TPSA) is 58.2 Å². The molecule has 0 saturated heterocycles. The highest BCUT2D eigenvalue weighted by atomic mass is 79.9. The summed E-state index contributed by atoms with van der Waals surface area (Å²) in [5.41, 5.74) is 0.600. The normalized spacial score (nSPS) is 24.0. The summed E-state index contributed by atoms with van der Waals surface area (Å²) in [6, 6.07) is 7.43. The van der Waals surface area contributed by atoms with Crippen molar-refractivity contribution < 1.29 is 9.59 Å². The Kier molecular flexibility index (Phi) is 6.63. The van der Waals surface area contributed by atoms with Crippen LogP contribution in [0.1, 0.15) is 49.9 Å². The van der Waals surface area contributed by atoms with E-state index in [0.29, 0.717) is 30.4 Å². The molecule has 5 heteroatoms. The van der Waals surface area contributed by atoms with Crippen molar-refractivity contribution in [3.05, 3.63) is 34.3 Å². The lowest BCUT2D eigenvalue weighted by atomic mass is 9.78. The SMILES string of the molecule is C[C@@H]1[C@@H](C)CCC[C@H]1NC(=O)CCNC(=O)c1ccc(Br)cc1. The molecule has 0 bridgehead atoms. The number of amides is 2. The number of benzene rings is 1. The van der Waals surface area contributed by atoms with Gasteiger partial charge in [0, 0.05) is 29.0 Å². The van der Waals surface area contributed by atoms with Crippen molar-refractivity contribution in [2.45, 2.75) is 45.6 Å². The maximum atomic E-state index is 12.1. The average Bonchev–Trinajstić information content (AvgIpc) is 2.52. The van der Waals surface area contributed by atoms with Gasteiger partial charge >= 0.3 is 0 Å². The second-order valence-electron chi connectivity index (χ2n) is 6.45. The molecule has 0 radical (unpaired) electrons. The summed E-state index contributed by atoms with van der Waals surface area (Å²) in [6.45, 7) is 4.82. The van der Waals surface area contributed by atoms with Crippen LogP contribution in [0.2, 0.25) is 0 Å². The molecule has 1 aliphatic carbocycles. The van der Waals surface area contributed by atoms with Gasteiger partial charge in [0.25, 0.3) is 5.91 Å². The Balaban J connectivity index is 1.72. The first kappa shape index (κ1) is 18.0. The number of hydrogen-bond donors (Lipinski definition) is 2. The number of rotatable bonds is 5. The third-order valence-electron chi connectivity index (χ3n) is 4.80. The molecule has 1 aromatic rings. The number of nitrogens with one attached hydrogen (secondary N) is 2. The standard InChI is InChI=1S/C18H25BrN2O2/c1-12-4-3-5-16(13(12)2)21-17(22)10-11-20-18(23)14-6-8-15(19)9-7-14/h6-9,12-13,16H,3-5,10-11H2,1-2H3,(H,20,23)(H,21,22)/t12-,13+,16+/m0/s1. The third kappa shape index (κ3) is 5.34. The van der Waals surface area contributed by atoms with Crippen LogP contribution in [0.5, 0.6) is 0 Å². The van der Waals surface area contributed by atoms with Crippen LogP contribution >= 0.6 is 15.9 Å². The van der Waals surface area contributed by atoms with Crippen LogP contribution in [0.25, 0.3) is 0 Å². The second-order valence-corrected chi connectivity index (χ2v) is 7.37. The Morgan fingerprint density at radius 2 is 1.87 bits per heavy atom. The van der Waals surface area contributed by atoms with E-state index < -0.39 is 0 Å². The Morgan fingerprint density at radius 1 is 1.17 bits per heavy atom. The summed E-state index contributed by atoms with van der Waals surface area (Å²) in [7, 11) is 0. The summed E-state index contributed by atoms with van der Waals surface area (Å²) >= 11 is 3.34. The Hall–Kier alpha value is -1.36. The molecule has 0 heterocycles. The van der Waals surface area contributed by atoms with Gasteiger partial charge in [-0.25, -0.2) is 0 Å². The van der Waals surface area contributed by atoms with Crippen molar-refractivity contribution in [1.82, 2.24) is 10.6 Å². The van der Waals surface area contributed by atoms with Crippen molar-refractivity contribution in [2.24, 2.45) is 11.8 Å². The zero-order valence-corrected chi connectivity index (χ0v) is 15.4. The van der Waals surface area contributed by atoms with Gasteiger partial charge in [-0.1, -0.05) is 42.6 Å². The largest absolute Gasteiger partial charge is 0.353 e. The fourth-order valence-corrected chi connectivity index (χ4v) is 3.32. The molecule has 0 aliphatic heterocycles. The quantitative estimate of drug-likeness (QED) is 0.820. The molecule has 1 aromatic carbocycles. The molecule has 2 rings (SSSR count). The van der Waals surface area contributed by atoms with E-state index in [1.165, 1.54) is 12.8 Å². The predicted molar refractivity (Wildman–Crippen MR) is 95.2 cm³/mol. The molecule has 1 fully saturated rings. The van der Waals surface area contributed by atoms with Crippen molar-refractivity contribution in [1.29, 1.82) is 0 Å². The highest BCUT2D eigenvalue weighted by molar-refractivity contribution is 9.10. The van der Waals surface area contributed by atoms with Gasteiger partial charge in [0.15, 0.2) is 0 Å². The molecule has 23 heavy (non-hydrogen) atoms. The van der Waals surface area contributed by atoms with E-state index >= 15 is 0 Å². The molecular formula is C18H25BrN2O2. The first-order valence-corrected chi connectivity index (χ1v) is 9.10. The van der Waals surface area contributed by atoms with E-state index in [0.717, 1.165) is 10.9 Å². The van der Waals surface area contributed by atoms with E-state index in [4.69, 9.17) is 0 Å². The number of hydrogen-bond acceptors (Lipinski definition) is 2. The second kappa shape index (κ2) is 8.48. The maximum absolute atomic E-state index is 12.1. The lowest BCUT2D eigenvalue weighted by Gasteiger charge is -2.34. The average molecular weight is 381 g/mol. The molecular weight excluding hydrogens is 356 g/mol. The Labute approximate surface area is 146 Å². The van der Waals surface area contributed by atoms with E-state index in [1.807, 2.05) is 12.1 Å². The van der Waals surface area contributed by atoms with Crippen molar-refractivity contribution in [2.75, 3.05) is 6.54 Å². The van der Waals surface area contributed by atoms with Gasteiger partial charge in [-0.2, -0.15) is 0 Å². The highest BCUT2D eigenvalue weighted by Crippen LogP contribution is 2.29. The van der Waals surface area contributed by atoms with Gasteiger partial charge in [0.05, 0.1) is 0 Å². The summed E-state index contributed by atoms with van der Waals surface area (Å²) in [4.78, 5) is 24.0. The van der Waals surface area contributed by atoms with Gasteiger partial charge < -0.3 is 10.6 Å². The number of carbonyl (C=O) groups is 2. The molecule has 4 nitrogen and oxygen atoms in total. The Morgan fingerprint density at radius 3 is 2.57 bits per heavy atom. The van der Waals surface area contributed by atoms with Crippen molar-refractivity contribution >= 4 is 27.7 Å². The molecule has 1 aliphatic rings. The zero-order chi connectivity index (χ0) is 16.8. The van der Waals surface area contributed by atoms with Crippen LogP contribution in [0.3, 0.4) is 0 Å². The molecule has 0 spiro atoms. The smallest absolute Gasteiger partial charge is 0.251 e. The fraction of sp³-hybridized carbons (Fsp3) is 0.556. The van der Waals surface area contributed by atoms with Gasteiger partial charge in [0.1, 0.15) is 0 Å². The third-order valence-corrected chi connectivity index (χ3v) is 5.33. The van der Waals surface area contributed by atoms with E-state index in [9.17, 15) is 9.59 Å². The summed E-state index contributed by atoms with van der Waals surface area (Å²) < 4.78 is 0.934. The molecule has 0 aromatic heterocycles. The molecule has 2 amide bonds. The Bertz CT molecular complexity index is 544. The van der Waals surface area contributed by atoms with Crippen LogP contribution in [-0.2, 0) is 4.79 Å². The van der Waals surface area contributed by atoms with E-state index in [1.54, 1.807) is 12.1 Å². The van der Waals surface area contributed by atoms with E-state index in [-0.39, 0.29) is 17.9 Å². The van der Waals surface area contributed by atoms with Gasteiger partial charge in [-0.3, -0.25) is 9.59 Å². The number of halogens is 1. The van der Waals surface area contributed by atoms with Gasteiger partial charge in [0.2, 0.25) is 5.91 Å². The summed E-state index contributed by atoms with van der Waals surface area (Å²) in [5, 5.41) is 5.92. The monoisotopic (exact) mass is 380 g/mol. The first-order valence-electron chi connectivity index (χ1n) is 8.30. The maximum Gasteiger partial charge on any atom is 0.251 e. The van der Waals surface area contributed by atoms with Crippen molar-refractivity contribution in [3.8, 4) is 0 Å². The zero-order valence-electron chi connectivity index (χ0n) is 13.8. The minimum Gasteiger partial charge on any atom is -0.353 e. The highest BCUT2D eigenvalue weighted by Gasteiger charge is 2.27.